The van der Waals surface area contributed by atoms with Crippen LogP contribution in [0.5, 0.6) is 0 Å². The van der Waals surface area contributed by atoms with E-state index in [0.717, 1.165) is 0 Å². The summed E-state index contributed by atoms with van der Waals surface area (Å²) in [6.45, 7) is 3.80. The van der Waals surface area contributed by atoms with Crippen molar-refractivity contribution in [2.24, 2.45) is 5.92 Å². The van der Waals surface area contributed by atoms with E-state index in [2.05, 4.69) is 10.6 Å². The molecule has 0 aromatic carbocycles. The van der Waals surface area contributed by atoms with Crippen molar-refractivity contribution in [1.29, 1.82) is 0 Å². The summed E-state index contributed by atoms with van der Waals surface area (Å²) in [4.78, 5) is 35.6. The Morgan fingerprint density at radius 3 is 2.55 bits per heavy atom. The molecule has 0 aliphatic carbocycles. The summed E-state index contributed by atoms with van der Waals surface area (Å²) in [6, 6.07) is -1.07. The van der Waals surface area contributed by atoms with Crippen molar-refractivity contribution in [2.75, 3.05) is 26.8 Å². The molecule has 0 aromatic heterocycles. The number of carbonyl (C=O) groups excluding carboxylic acids is 2. The number of rotatable bonds is 5. The monoisotopic (exact) mass is 287 g/mol. The van der Waals surface area contributed by atoms with Crippen molar-refractivity contribution in [3.8, 4) is 0 Å². The number of urea groups is 1. The molecule has 1 aliphatic heterocycles. The number of nitrogens with one attached hydrogen (secondary N) is 2. The highest BCUT2D eigenvalue weighted by atomic mass is 16.5. The van der Waals surface area contributed by atoms with Gasteiger partial charge in [0.15, 0.2) is 0 Å². The van der Waals surface area contributed by atoms with E-state index in [0.29, 0.717) is 0 Å². The third-order valence-electron chi connectivity index (χ3n) is 2.88. The van der Waals surface area contributed by atoms with Gasteiger partial charge in [-0.2, -0.15) is 0 Å². The molecule has 1 saturated heterocycles. The van der Waals surface area contributed by atoms with Crippen LogP contribution in [0.3, 0.4) is 0 Å². The third-order valence-corrected chi connectivity index (χ3v) is 2.88. The molecule has 1 fully saturated rings. The van der Waals surface area contributed by atoms with Gasteiger partial charge in [-0.3, -0.25) is 9.59 Å². The van der Waals surface area contributed by atoms with Crippen LogP contribution in [0.25, 0.3) is 0 Å². The second-order valence-electron chi connectivity index (χ2n) is 5.12. The summed E-state index contributed by atoms with van der Waals surface area (Å²) in [6.07, 6.45) is 0. The Balaban J connectivity index is 2.45. The van der Waals surface area contributed by atoms with Gasteiger partial charge < -0.3 is 25.4 Å². The molecule has 3 N–H and O–H groups in total. The number of ether oxygens (including phenoxy) is 1. The minimum Gasteiger partial charge on any atom is -0.481 e. The molecule has 0 radical (unpaired) electrons. The zero-order valence-electron chi connectivity index (χ0n) is 11.9. The second-order valence-corrected chi connectivity index (χ2v) is 5.12. The molecule has 2 unspecified atom stereocenters. The van der Waals surface area contributed by atoms with Crippen LogP contribution in [0.1, 0.15) is 13.8 Å². The van der Waals surface area contributed by atoms with Crippen LogP contribution in [0.4, 0.5) is 4.79 Å². The van der Waals surface area contributed by atoms with E-state index in [4.69, 9.17) is 9.84 Å². The maximum atomic E-state index is 11.9. The molecule has 0 spiro atoms. The van der Waals surface area contributed by atoms with Crippen LogP contribution in [-0.2, 0) is 14.3 Å². The van der Waals surface area contributed by atoms with Gasteiger partial charge in [-0.25, -0.2) is 4.79 Å². The number of carbonyl (C=O) groups is 3. The summed E-state index contributed by atoms with van der Waals surface area (Å²) >= 11 is 0. The van der Waals surface area contributed by atoms with Crippen molar-refractivity contribution < 1.29 is 24.2 Å². The van der Waals surface area contributed by atoms with Gasteiger partial charge in [-0.1, -0.05) is 0 Å². The van der Waals surface area contributed by atoms with Crippen molar-refractivity contribution in [3.05, 3.63) is 0 Å². The molecule has 8 nitrogen and oxygen atoms in total. The van der Waals surface area contributed by atoms with Crippen LogP contribution in [-0.4, -0.2) is 66.8 Å². The smallest absolute Gasteiger partial charge is 0.317 e. The molecule has 3 amide bonds. The van der Waals surface area contributed by atoms with Gasteiger partial charge in [0.25, 0.3) is 0 Å². The minimum atomic E-state index is -1.01. The lowest BCUT2D eigenvalue weighted by Gasteiger charge is -2.22. The summed E-state index contributed by atoms with van der Waals surface area (Å²) in [5, 5.41) is 14.2. The lowest BCUT2D eigenvalue weighted by atomic mass is 10.0. The molecule has 1 heterocycles. The highest BCUT2D eigenvalue weighted by Crippen LogP contribution is 2.14. The number of carboxylic acids is 1. The maximum Gasteiger partial charge on any atom is 0.317 e. The van der Waals surface area contributed by atoms with Crippen molar-refractivity contribution >= 4 is 17.9 Å². The van der Waals surface area contributed by atoms with Gasteiger partial charge in [0, 0.05) is 13.1 Å². The molecule has 0 aromatic rings. The lowest BCUT2D eigenvalue weighted by molar-refractivity contribution is -0.142. The number of carboxylic acid groups (broad SMARTS) is 1. The topological polar surface area (TPSA) is 108 Å². The van der Waals surface area contributed by atoms with Gasteiger partial charge in [0.1, 0.15) is 12.5 Å². The van der Waals surface area contributed by atoms with E-state index in [1.807, 2.05) is 13.8 Å². The highest BCUT2D eigenvalue weighted by molar-refractivity contribution is 5.84. The summed E-state index contributed by atoms with van der Waals surface area (Å²) < 4.78 is 5.05. The normalized spacial score (nSPS) is 21.6. The zero-order chi connectivity index (χ0) is 15.3. The van der Waals surface area contributed by atoms with E-state index >= 15 is 0 Å². The van der Waals surface area contributed by atoms with E-state index < -0.39 is 24.0 Å². The first-order valence-electron chi connectivity index (χ1n) is 6.42. The van der Waals surface area contributed by atoms with Crippen LogP contribution in [0.15, 0.2) is 0 Å². The first kappa shape index (κ1) is 16.2. The van der Waals surface area contributed by atoms with Gasteiger partial charge in [-0.05, 0) is 13.8 Å². The van der Waals surface area contributed by atoms with E-state index in [9.17, 15) is 14.4 Å². The van der Waals surface area contributed by atoms with Crippen molar-refractivity contribution in [2.45, 2.75) is 25.9 Å². The number of amides is 3. The number of nitrogens with zero attached hydrogens (tertiary/aromatic N) is 1. The van der Waals surface area contributed by atoms with E-state index in [1.165, 1.54) is 11.9 Å². The fourth-order valence-corrected chi connectivity index (χ4v) is 1.86. The van der Waals surface area contributed by atoms with Crippen molar-refractivity contribution in [1.82, 2.24) is 15.5 Å². The standard InChI is InChI=1S/C12H21N3O5/c1-7(2)13-10(16)4-15(3)12(19)14-9-6-20-5-8(9)11(17)18/h7-9H,4-6H2,1-3H3,(H,13,16)(H,14,19)(H,17,18). The van der Waals surface area contributed by atoms with Gasteiger partial charge in [0.05, 0.1) is 19.3 Å². The first-order chi connectivity index (χ1) is 9.31. The summed E-state index contributed by atoms with van der Waals surface area (Å²) in [5.41, 5.74) is 0. The van der Waals surface area contributed by atoms with Gasteiger partial charge >= 0.3 is 12.0 Å². The minimum absolute atomic E-state index is 0.00131. The molecule has 0 saturated carbocycles. The van der Waals surface area contributed by atoms with E-state index in [1.54, 1.807) is 0 Å². The molecule has 8 heteroatoms. The fourth-order valence-electron chi connectivity index (χ4n) is 1.86. The number of hydrogen-bond donors (Lipinski definition) is 3. The average molecular weight is 287 g/mol. The highest BCUT2D eigenvalue weighted by Gasteiger charge is 2.35. The lowest BCUT2D eigenvalue weighted by Crippen LogP contribution is -2.50. The SMILES string of the molecule is CC(C)NC(=O)CN(C)C(=O)NC1COCC1C(=O)O. The second kappa shape index (κ2) is 7.09. The molecular formula is C12H21N3O5. The van der Waals surface area contributed by atoms with Gasteiger partial charge in [0.2, 0.25) is 5.91 Å². The number of hydrogen-bond acceptors (Lipinski definition) is 4. The van der Waals surface area contributed by atoms with Gasteiger partial charge in [-0.15, -0.1) is 0 Å². The predicted octanol–water partition coefficient (Wildman–Crippen LogP) is -0.748. The average Bonchev–Trinajstić information content (AvgIpc) is 2.75. The Kier molecular flexibility index (Phi) is 5.75. The Morgan fingerprint density at radius 2 is 2.00 bits per heavy atom. The first-order valence-corrected chi connectivity index (χ1v) is 6.42. The molecule has 20 heavy (non-hydrogen) atoms. The van der Waals surface area contributed by atoms with E-state index in [-0.39, 0.29) is 31.7 Å². The van der Waals surface area contributed by atoms with Crippen LogP contribution in [0.2, 0.25) is 0 Å². The molecule has 2 atom stereocenters. The summed E-state index contributed by atoms with van der Waals surface area (Å²) in [5.74, 6) is -2.03. The largest absolute Gasteiger partial charge is 0.481 e. The quantitative estimate of drug-likeness (QED) is 0.617. The Morgan fingerprint density at radius 1 is 1.35 bits per heavy atom. The van der Waals surface area contributed by atoms with Crippen molar-refractivity contribution in [3.63, 3.8) is 0 Å². The Labute approximate surface area is 117 Å². The molecule has 1 aliphatic rings. The van der Waals surface area contributed by atoms with Crippen LogP contribution >= 0.6 is 0 Å². The number of likely N-dealkylation sites (N-methyl/N-ethyl adjacent to an activating group) is 1. The predicted molar refractivity (Wildman–Crippen MR) is 70.2 cm³/mol. The molecule has 1 rings (SSSR count). The Bertz CT molecular complexity index is 385. The fraction of sp³-hybridized carbons (Fsp3) is 0.750. The number of aliphatic carboxylic acids is 1. The van der Waals surface area contributed by atoms with Crippen LogP contribution < -0.4 is 10.6 Å². The third kappa shape index (κ3) is 4.69. The molecule has 0 bridgehead atoms. The van der Waals surface area contributed by atoms with Crippen LogP contribution in [0, 0.1) is 5.92 Å². The Hall–Kier alpha value is -1.83. The molecule has 114 valence electrons. The zero-order valence-corrected chi connectivity index (χ0v) is 11.9. The summed E-state index contributed by atoms with van der Waals surface area (Å²) in [7, 11) is 1.47. The molecular weight excluding hydrogens is 266 g/mol. The maximum absolute atomic E-state index is 11.9.